The molecule has 0 spiro atoms. The maximum absolute atomic E-state index is 12.2. The third-order valence-corrected chi connectivity index (χ3v) is 3.50. The Morgan fingerprint density at radius 3 is 2.39 bits per heavy atom. The van der Waals surface area contributed by atoms with Gasteiger partial charge in [-0.05, 0) is 30.0 Å². The first-order valence-electron chi connectivity index (χ1n) is 4.98. The molecule has 1 saturated heterocycles. The normalized spacial score (nSPS) is 20.5. The molecule has 0 N–H and O–H groups in total. The number of rotatable bonds is 2. The molecule has 1 unspecified atom stereocenters. The Kier molecular flexibility index (Phi) is 4.21. The summed E-state index contributed by atoms with van der Waals surface area (Å²) in [5, 5.41) is 2.20. The molecule has 0 bridgehead atoms. The van der Waals surface area contributed by atoms with Crippen molar-refractivity contribution in [1.29, 1.82) is 0 Å². The van der Waals surface area contributed by atoms with Crippen molar-refractivity contribution < 1.29 is 18.0 Å². The number of hydrogen-bond donors (Lipinski definition) is 0. The maximum Gasteiger partial charge on any atom is 0.444 e. The largest absolute Gasteiger partial charge is 0.444 e. The summed E-state index contributed by atoms with van der Waals surface area (Å²) in [6.07, 6.45) is 0.286. The van der Waals surface area contributed by atoms with Crippen molar-refractivity contribution in [2.45, 2.75) is 17.4 Å². The Morgan fingerprint density at radius 1 is 1.22 bits per heavy atom. The molecule has 8 heteroatoms. The van der Waals surface area contributed by atoms with Crippen molar-refractivity contribution >= 4 is 40.7 Å². The van der Waals surface area contributed by atoms with Crippen LogP contribution in [0.15, 0.2) is 18.2 Å². The molecule has 18 heavy (non-hydrogen) atoms. The van der Waals surface area contributed by atoms with E-state index in [0.717, 1.165) is 0 Å². The number of halogens is 5. The van der Waals surface area contributed by atoms with Crippen LogP contribution in [0.5, 0.6) is 0 Å². The van der Waals surface area contributed by atoms with E-state index in [4.69, 9.17) is 28.0 Å². The minimum Gasteiger partial charge on any atom is -0.259 e. The molecule has 1 fully saturated rings. The topological polar surface area (TPSA) is 12.5 Å². The molecule has 1 aromatic carbocycles. The second-order valence-corrected chi connectivity index (χ2v) is 5.71. The van der Waals surface area contributed by atoms with Gasteiger partial charge in [-0.3, -0.25) is 9.90 Å². The number of hydrogen-bond acceptors (Lipinski definition) is 3. The zero-order valence-electron chi connectivity index (χ0n) is 8.88. The molecule has 100 valence electrons. The number of benzene rings is 1. The fraction of sp³-hybridized carbons (Fsp3) is 0.400. The van der Waals surface area contributed by atoms with Crippen LogP contribution in [0.1, 0.15) is 6.42 Å². The fourth-order valence-electron chi connectivity index (χ4n) is 1.57. The predicted octanol–water partition coefficient (Wildman–Crippen LogP) is 4.71. The van der Waals surface area contributed by atoms with Crippen LogP contribution in [0.3, 0.4) is 0 Å². The highest BCUT2D eigenvalue weighted by Gasteiger charge is 2.37. The zero-order valence-corrected chi connectivity index (χ0v) is 11.2. The number of anilines is 1. The van der Waals surface area contributed by atoms with Gasteiger partial charge in [0.15, 0.2) is 0 Å². The van der Waals surface area contributed by atoms with Crippen molar-refractivity contribution in [3.05, 3.63) is 28.2 Å². The number of hydroxylamine groups is 1. The molecule has 2 nitrogen and oxygen atoms in total. The second-order valence-electron chi connectivity index (χ2n) is 3.62. The smallest absolute Gasteiger partial charge is 0.259 e. The lowest BCUT2D eigenvalue weighted by atomic mass is 10.3. The van der Waals surface area contributed by atoms with Gasteiger partial charge >= 0.3 is 5.51 Å². The van der Waals surface area contributed by atoms with Gasteiger partial charge in [-0.1, -0.05) is 23.2 Å². The first kappa shape index (κ1) is 14.1. The Bertz CT molecular complexity index is 423. The van der Waals surface area contributed by atoms with Crippen LogP contribution in [0, 0.1) is 0 Å². The van der Waals surface area contributed by atoms with E-state index in [9.17, 15) is 13.2 Å². The summed E-state index contributed by atoms with van der Waals surface area (Å²) >= 11 is 11.5. The number of alkyl halides is 3. The standard InChI is InChI=1S/C10H8Cl2F3NOS/c11-6-3-7(12)5-8(4-6)16-2-1-9(17-16)18-10(13,14)15/h3-5,9H,1-2H2. The predicted molar refractivity (Wildman–Crippen MR) is 66.9 cm³/mol. The third-order valence-electron chi connectivity index (χ3n) is 2.21. The molecule has 1 heterocycles. The van der Waals surface area contributed by atoms with Gasteiger partial charge in [0.25, 0.3) is 0 Å². The highest BCUT2D eigenvalue weighted by Crippen LogP contribution is 2.39. The molecule has 1 atom stereocenters. The highest BCUT2D eigenvalue weighted by molar-refractivity contribution is 8.00. The van der Waals surface area contributed by atoms with Gasteiger partial charge in [-0.2, -0.15) is 13.2 Å². The van der Waals surface area contributed by atoms with Crippen LogP contribution >= 0.6 is 35.0 Å². The minimum atomic E-state index is -4.30. The summed E-state index contributed by atoms with van der Waals surface area (Å²) in [6.45, 7) is 0.365. The maximum atomic E-state index is 12.2. The number of nitrogens with zero attached hydrogens (tertiary/aromatic N) is 1. The number of thioether (sulfide) groups is 1. The minimum absolute atomic E-state index is 0.159. The monoisotopic (exact) mass is 317 g/mol. The Morgan fingerprint density at radius 2 is 1.83 bits per heavy atom. The van der Waals surface area contributed by atoms with Gasteiger partial charge in [0.1, 0.15) is 5.44 Å². The zero-order chi connectivity index (χ0) is 13.3. The molecule has 1 aliphatic rings. The van der Waals surface area contributed by atoms with Gasteiger partial charge in [-0.15, -0.1) is 0 Å². The van der Waals surface area contributed by atoms with E-state index >= 15 is 0 Å². The van der Waals surface area contributed by atoms with Gasteiger partial charge in [-0.25, -0.2) is 0 Å². The summed E-state index contributed by atoms with van der Waals surface area (Å²) in [5.41, 5.74) is -4.67. The van der Waals surface area contributed by atoms with Gasteiger partial charge in [0, 0.05) is 23.0 Å². The summed E-state index contributed by atoms with van der Waals surface area (Å²) in [5.74, 6) is 0. The lowest BCUT2D eigenvalue weighted by molar-refractivity contribution is -0.0362. The van der Waals surface area contributed by atoms with Gasteiger partial charge in [0.05, 0.1) is 5.69 Å². The SMILES string of the molecule is FC(F)(F)SC1CCN(c2cc(Cl)cc(Cl)c2)O1. The van der Waals surface area contributed by atoms with E-state index in [0.29, 0.717) is 22.3 Å². The van der Waals surface area contributed by atoms with Crippen molar-refractivity contribution in [2.24, 2.45) is 0 Å². The molecule has 0 saturated carbocycles. The van der Waals surface area contributed by atoms with E-state index in [1.54, 1.807) is 18.2 Å². The van der Waals surface area contributed by atoms with Crippen molar-refractivity contribution in [3.8, 4) is 0 Å². The van der Waals surface area contributed by atoms with Crippen molar-refractivity contribution in [2.75, 3.05) is 11.6 Å². The van der Waals surface area contributed by atoms with Crippen LogP contribution in [0.25, 0.3) is 0 Å². The first-order valence-corrected chi connectivity index (χ1v) is 6.62. The average Bonchev–Trinajstić information content (AvgIpc) is 2.61. The summed E-state index contributed by atoms with van der Waals surface area (Å²) < 4.78 is 36.6. The molecular formula is C10H8Cl2F3NOS. The summed E-state index contributed by atoms with van der Waals surface area (Å²) in [4.78, 5) is 5.19. The molecular weight excluding hydrogens is 310 g/mol. The average molecular weight is 318 g/mol. The van der Waals surface area contributed by atoms with Crippen molar-refractivity contribution in [1.82, 2.24) is 0 Å². The van der Waals surface area contributed by atoms with Crippen LogP contribution < -0.4 is 5.06 Å². The summed E-state index contributed by atoms with van der Waals surface area (Å²) in [6, 6.07) is 4.73. The Balaban J connectivity index is 2.04. The molecule has 2 rings (SSSR count). The van der Waals surface area contributed by atoms with E-state index in [-0.39, 0.29) is 18.2 Å². The summed E-state index contributed by atoms with van der Waals surface area (Å²) in [7, 11) is 0. The molecule has 0 radical (unpaired) electrons. The van der Waals surface area contributed by atoms with Crippen molar-refractivity contribution in [3.63, 3.8) is 0 Å². The van der Waals surface area contributed by atoms with Gasteiger partial charge < -0.3 is 0 Å². The van der Waals surface area contributed by atoms with Crippen LogP contribution in [0.2, 0.25) is 10.0 Å². The van der Waals surface area contributed by atoms with E-state index < -0.39 is 10.9 Å². The molecule has 0 amide bonds. The third kappa shape index (κ3) is 3.85. The first-order chi connectivity index (χ1) is 8.33. The molecule has 1 aliphatic heterocycles. The lowest BCUT2D eigenvalue weighted by Gasteiger charge is -2.19. The Hall–Kier alpha value is -0.300. The van der Waals surface area contributed by atoms with E-state index in [2.05, 4.69) is 0 Å². The van der Waals surface area contributed by atoms with Gasteiger partial charge in [0.2, 0.25) is 0 Å². The Labute approximate surface area is 116 Å². The highest BCUT2D eigenvalue weighted by atomic mass is 35.5. The molecule has 0 aliphatic carbocycles. The van der Waals surface area contributed by atoms with Crippen LogP contribution in [-0.2, 0) is 4.84 Å². The van der Waals surface area contributed by atoms with E-state index in [1.807, 2.05) is 0 Å². The van der Waals surface area contributed by atoms with Crippen LogP contribution in [0.4, 0.5) is 18.9 Å². The molecule has 0 aromatic heterocycles. The molecule has 1 aromatic rings. The van der Waals surface area contributed by atoms with E-state index in [1.165, 1.54) is 5.06 Å². The second kappa shape index (κ2) is 5.36. The fourth-order valence-corrected chi connectivity index (χ4v) is 2.76. The quantitative estimate of drug-likeness (QED) is 0.783. The van der Waals surface area contributed by atoms with Crippen LogP contribution in [-0.4, -0.2) is 17.5 Å². The lowest BCUT2D eigenvalue weighted by Crippen LogP contribution is -2.18.